The highest BCUT2D eigenvalue weighted by molar-refractivity contribution is 9.10. The van der Waals surface area contributed by atoms with E-state index in [4.69, 9.17) is 16.3 Å². The molecule has 5 heteroatoms. The number of rotatable bonds is 1. The first-order valence-electron chi connectivity index (χ1n) is 5.77. The SMILES string of the molecule is CC1(C)CN(C(=O)c2cc(Cl)ccc2Br)CCO1. The molecule has 1 aromatic rings. The molecule has 1 heterocycles. The summed E-state index contributed by atoms with van der Waals surface area (Å²) in [5.74, 6) is -0.0132. The predicted molar refractivity (Wildman–Crippen MR) is 75.1 cm³/mol. The zero-order valence-electron chi connectivity index (χ0n) is 10.4. The summed E-state index contributed by atoms with van der Waals surface area (Å²) >= 11 is 9.33. The minimum absolute atomic E-state index is 0.0132. The molecule has 18 heavy (non-hydrogen) atoms. The van der Waals surface area contributed by atoms with Gasteiger partial charge in [0.05, 0.1) is 17.8 Å². The number of ether oxygens (including phenoxy) is 1. The molecule has 1 aliphatic rings. The van der Waals surface area contributed by atoms with Gasteiger partial charge in [-0.1, -0.05) is 11.6 Å². The molecule has 1 aliphatic heterocycles. The Morgan fingerprint density at radius 2 is 2.22 bits per heavy atom. The van der Waals surface area contributed by atoms with Crippen LogP contribution < -0.4 is 0 Å². The maximum atomic E-state index is 12.4. The summed E-state index contributed by atoms with van der Waals surface area (Å²) in [6.07, 6.45) is 0. The standard InChI is InChI=1S/C13H15BrClNO2/c1-13(2)8-16(5-6-18-13)12(17)10-7-9(15)3-4-11(10)14/h3-4,7H,5-6,8H2,1-2H3. The van der Waals surface area contributed by atoms with Gasteiger partial charge in [0.2, 0.25) is 0 Å². The van der Waals surface area contributed by atoms with E-state index in [9.17, 15) is 4.79 Å². The number of halogens is 2. The highest BCUT2D eigenvalue weighted by Gasteiger charge is 2.31. The van der Waals surface area contributed by atoms with Crippen molar-refractivity contribution in [3.8, 4) is 0 Å². The van der Waals surface area contributed by atoms with E-state index in [-0.39, 0.29) is 11.5 Å². The molecule has 3 nitrogen and oxygen atoms in total. The van der Waals surface area contributed by atoms with Crippen molar-refractivity contribution in [2.75, 3.05) is 19.7 Å². The van der Waals surface area contributed by atoms with Gasteiger partial charge in [0, 0.05) is 22.6 Å². The van der Waals surface area contributed by atoms with E-state index >= 15 is 0 Å². The zero-order chi connectivity index (χ0) is 13.3. The molecule has 0 spiro atoms. The Morgan fingerprint density at radius 1 is 1.50 bits per heavy atom. The van der Waals surface area contributed by atoms with Crippen LogP contribution in [0.1, 0.15) is 24.2 Å². The molecular formula is C13H15BrClNO2. The van der Waals surface area contributed by atoms with Crippen LogP contribution in [0.2, 0.25) is 5.02 Å². The number of amides is 1. The molecule has 0 aliphatic carbocycles. The molecule has 0 unspecified atom stereocenters. The number of carbonyl (C=O) groups excluding carboxylic acids is 1. The third-order valence-corrected chi connectivity index (χ3v) is 3.80. The molecular weight excluding hydrogens is 318 g/mol. The van der Waals surface area contributed by atoms with Crippen LogP contribution in [0.4, 0.5) is 0 Å². The second kappa shape index (κ2) is 5.19. The summed E-state index contributed by atoms with van der Waals surface area (Å²) < 4.78 is 6.37. The molecule has 0 N–H and O–H groups in total. The molecule has 1 aromatic carbocycles. The van der Waals surface area contributed by atoms with Crippen LogP contribution in [0.25, 0.3) is 0 Å². The lowest BCUT2D eigenvalue weighted by atomic mass is 10.1. The van der Waals surface area contributed by atoms with Crippen LogP contribution in [0.3, 0.4) is 0 Å². The van der Waals surface area contributed by atoms with Gasteiger partial charge in [-0.2, -0.15) is 0 Å². The second-order valence-corrected chi connectivity index (χ2v) is 6.25. The first-order valence-corrected chi connectivity index (χ1v) is 6.94. The molecule has 2 rings (SSSR count). The molecule has 0 radical (unpaired) electrons. The number of nitrogens with zero attached hydrogens (tertiary/aromatic N) is 1. The van der Waals surface area contributed by atoms with Crippen molar-refractivity contribution in [1.82, 2.24) is 4.90 Å². The smallest absolute Gasteiger partial charge is 0.255 e. The third kappa shape index (κ3) is 3.05. The van der Waals surface area contributed by atoms with Gasteiger partial charge in [-0.3, -0.25) is 4.79 Å². The van der Waals surface area contributed by atoms with Gasteiger partial charge in [-0.05, 0) is 48.0 Å². The van der Waals surface area contributed by atoms with Crippen molar-refractivity contribution in [2.24, 2.45) is 0 Å². The fraction of sp³-hybridized carbons (Fsp3) is 0.462. The molecule has 0 bridgehead atoms. The maximum absolute atomic E-state index is 12.4. The Balaban J connectivity index is 2.23. The van der Waals surface area contributed by atoms with Crippen LogP contribution in [-0.4, -0.2) is 36.1 Å². The average Bonchev–Trinajstić information content (AvgIpc) is 2.30. The van der Waals surface area contributed by atoms with Crippen LogP contribution >= 0.6 is 27.5 Å². The fourth-order valence-electron chi connectivity index (χ4n) is 2.02. The van der Waals surface area contributed by atoms with Crippen molar-refractivity contribution in [3.63, 3.8) is 0 Å². The summed E-state index contributed by atoms with van der Waals surface area (Å²) in [4.78, 5) is 14.2. The summed E-state index contributed by atoms with van der Waals surface area (Å²) in [6.45, 7) is 5.74. The summed E-state index contributed by atoms with van der Waals surface area (Å²) in [7, 11) is 0. The molecule has 0 aromatic heterocycles. The van der Waals surface area contributed by atoms with E-state index in [1.807, 2.05) is 13.8 Å². The highest BCUT2D eigenvalue weighted by Crippen LogP contribution is 2.25. The highest BCUT2D eigenvalue weighted by atomic mass is 79.9. The molecule has 0 atom stereocenters. The molecule has 1 saturated heterocycles. The van der Waals surface area contributed by atoms with Crippen LogP contribution in [0, 0.1) is 0 Å². The van der Waals surface area contributed by atoms with Gasteiger partial charge in [-0.15, -0.1) is 0 Å². The Bertz CT molecular complexity index is 476. The Kier molecular flexibility index (Phi) is 3.99. The van der Waals surface area contributed by atoms with E-state index in [0.717, 1.165) is 4.47 Å². The number of benzene rings is 1. The Labute approximate surface area is 120 Å². The van der Waals surface area contributed by atoms with Crippen LogP contribution in [0.5, 0.6) is 0 Å². The van der Waals surface area contributed by atoms with Gasteiger partial charge in [0.15, 0.2) is 0 Å². The normalized spacial score (nSPS) is 18.8. The van der Waals surface area contributed by atoms with Gasteiger partial charge in [0.1, 0.15) is 0 Å². The topological polar surface area (TPSA) is 29.5 Å². The summed E-state index contributed by atoms with van der Waals surface area (Å²) in [5.41, 5.74) is 0.305. The second-order valence-electron chi connectivity index (χ2n) is 4.96. The van der Waals surface area contributed by atoms with E-state index < -0.39 is 0 Å². The third-order valence-electron chi connectivity index (χ3n) is 2.87. The number of morpholine rings is 1. The lowest BCUT2D eigenvalue weighted by molar-refractivity contribution is -0.0764. The van der Waals surface area contributed by atoms with E-state index in [1.54, 1.807) is 23.1 Å². The lowest BCUT2D eigenvalue weighted by Gasteiger charge is -2.38. The fourth-order valence-corrected chi connectivity index (χ4v) is 2.61. The van der Waals surface area contributed by atoms with Crippen molar-refractivity contribution < 1.29 is 9.53 Å². The van der Waals surface area contributed by atoms with Crippen LogP contribution in [0.15, 0.2) is 22.7 Å². The molecule has 0 saturated carbocycles. The van der Waals surface area contributed by atoms with Gasteiger partial charge >= 0.3 is 0 Å². The van der Waals surface area contributed by atoms with E-state index in [0.29, 0.717) is 30.3 Å². The Hall–Kier alpha value is -0.580. The number of carbonyl (C=O) groups is 1. The minimum Gasteiger partial charge on any atom is -0.372 e. The number of hydrogen-bond acceptors (Lipinski definition) is 2. The van der Waals surface area contributed by atoms with Gasteiger partial charge in [-0.25, -0.2) is 0 Å². The van der Waals surface area contributed by atoms with Crippen LogP contribution in [-0.2, 0) is 4.74 Å². The van der Waals surface area contributed by atoms with Crippen molar-refractivity contribution in [2.45, 2.75) is 19.4 Å². The monoisotopic (exact) mass is 331 g/mol. The van der Waals surface area contributed by atoms with Crippen molar-refractivity contribution in [3.05, 3.63) is 33.3 Å². The average molecular weight is 333 g/mol. The maximum Gasteiger partial charge on any atom is 0.255 e. The van der Waals surface area contributed by atoms with E-state index in [1.165, 1.54) is 0 Å². The first-order chi connectivity index (χ1) is 8.39. The molecule has 1 amide bonds. The van der Waals surface area contributed by atoms with Crippen molar-refractivity contribution in [1.29, 1.82) is 0 Å². The predicted octanol–water partition coefficient (Wildman–Crippen LogP) is 3.35. The quantitative estimate of drug-likeness (QED) is 0.789. The first kappa shape index (κ1) is 13.8. The van der Waals surface area contributed by atoms with Gasteiger partial charge < -0.3 is 9.64 Å². The Morgan fingerprint density at radius 3 is 2.89 bits per heavy atom. The van der Waals surface area contributed by atoms with Gasteiger partial charge in [0.25, 0.3) is 5.91 Å². The molecule has 1 fully saturated rings. The largest absolute Gasteiger partial charge is 0.372 e. The van der Waals surface area contributed by atoms with Crippen molar-refractivity contribution >= 4 is 33.4 Å². The van der Waals surface area contributed by atoms with E-state index in [2.05, 4.69) is 15.9 Å². The lowest BCUT2D eigenvalue weighted by Crippen LogP contribution is -2.50. The summed E-state index contributed by atoms with van der Waals surface area (Å²) in [5, 5.41) is 0.564. The number of hydrogen-bond donors (Lipinski definition) is 0. The minimum atomic E-state index is -0.293. The summed E-state index contributed by atoms with van der Waals surface area (Å²) in [6, 6.07) is 5.24. The molecule has 98 valence electrons. The zero-order valence-corrected chi connectivity index (χ0v) is 12.7.